The zero-order valence-corrected chi connectivity index (χ0v) is 11.1. The number of carbonyl (C=O) groups excluding carboxylic acids is 1. The van der Waals surface area contributed by atoms with Gasteiger partial charge < -0.3 is 20.5 Å². The van der Waals surface area contributed by atoms with E-state index >= 15 is 0 Å². The van der Waals surface area contributed by atoms with E-state index in [0.717, 1.165) is 11.1 Å². The fourth-order valence-corrected chi connectivity index (χ4v) is 1.96. The standard InChI is InChI=1S/C14H20N2O3/c1-10-2-4-11(5-3-10)13(17)8-16-14(18)12-9-19-7-6-15-12/h2-5,12-13,15,17H,6-9H2,1H3,(H,16,18)/t12-,13+/m1/s1. The molecular formula is C14H20N2O3. The Morgan fingerprint density at radius 1 is 1.53 bits per heavy atom. The van der Waals surface area contributed by atoms with Crippen molar-refractivity contribution in [2.75, 3.05) is 26.3 Å². The molecule has 5 nitrogen and oxygen atoms in total. The molecule has 0 saturated carbocycles. The van der Waals surface area contributed by atoms with Crippen molar-refractivity contribution in [2.24, 2.45) is 0 Å². The van der Waals surface area contributed by atoms with Crippen molar-refractivity contribution in [3.8, 4) is 0 Å². The lowest BCUT2D eigenvalue weighted by Gasteiger charge is -2.23. The minimum absolute atomic E-state index is 0.133. The van der Waals surface area contributed by atoms with Crippen molar-refractivity contribution >= 4 is 5.91 Å². The minimum atomic E-state index is -0.686. The number of hydrogen-bond donors (Lipinski definition) is 3. The molecule has 0 aromatic heterocycles. The second-order valence-electron chi connectivity index (χ2n) is 4.75. The van der Waals surface area contributed by atoms with Gasteiger partial charge in [0.25, 0.3) is 0 Å². The number of morpholine rings is 1. The van der Waals surface area contributed by atoms with Gasteiger partial charge in [-0.05, 0) is 12.5 Å². The number of hydrogen-bond acceptors (Lipinski definition) is 4. The molecule has 2 rings (SSSR count). The summed E-state index contributed by atoms with van der Waals surface area (Å²) in [7, 11) is 0. The number of carbonyl (C=O) groups is 1. The van der Waals surface area contributed by atoms with Crippen LogP contribution in [-0.4, -0.2) is 43.4 Å². The largest absolute Gasteiger partial charge is 0.387 e. The van der Waals surface area contributed by atoms with Crippen LogP contribution in [0.15, 0.2) is 24.3 Å². The highest BCUT2D eigenvalue weighted by Gasteiger charge is 2.21. The van der Waals surface area contributed by atoms with E-state index in [1.807, 2.05) is 31.2 Å². The fraction of sp³-hybridized carbons (Fsp3) is 0.500. The summed E-state index contributed by atoms with van der Waals surface area (Å²) in [6, 6.07) is 7.30. The highest BCUT2D eigenvalue weighted by atomic mass is 16.5. The van der Waals surface area contributed by atoms with Gasteiger partial charge in [0, 0.05) is 13.1 Å². The van der Waals surface area contributed by atoms with E-state index in [-0.39, 0.29) is 18.5 Å². The topological polar surface area (TPSA) is 70.6 Å². The van der Waals surface area contributed by atoms with Crippen LogP contribution in [-0.2, 0) is 9.53 Å². The van der Waals surface area contributed by atoms with Crippen molar-refractivity contribution in [3.63, 3.8) is 0 Å². The molecule has 5 heteroatoms. The molecule has 1 fully saturated rings. The Labute approximate surface area is 113 Å². The normalized spacial score (nSPS) is 20.8. The summed E-state index contributed by atoms with van der Waals surface area (Å²) in [6.07, 6.45) is -0.686. The fourth-order valence-electron chi connectivity index (χ4n) is 1.96. The SMILES string of the molecule is Cc1ccc([C@@H](O)CNC(=O)[C@H]2COCCN2)cc1. The third-order valence-electron chi connectivity index (χ3n) is 3.17. The lowest BCUT2D eigenvalue weighted by molar-refractivity contribution is -0.126. The van der Waals surface area contributed by atoms with Gasteiger partial charge in [-0.2, -0.15) is 0 Å². The van der Waals surface area contributed by atoms with Crippen LogP contribution in [0.4, 0.5) is 0 Å². The predicted octanol–water partition coefficient (Wildman–Crippen LogP) is 0.133. The number of benzene rings is 1. The van der Waals surface area contributed by atoms with Crippen LogP contribution in [0.2, 0.25) is 0 Å². The molecule has 1 aliphatic heterocycles. The minimum Gasteiger partial charge on any atom is -0.387 e. The van der Waals surface area contributed by atoms with Crippen molar-refractivity contribution in [2.45, 2.75) is 19.1 Å². The lowest BCUT2D eigenvalue weighted by atomic mass is 10.1. The number of rotatable bonds is 4. The van der Waals surface area contributed by atoms with Crippen LogP contribution in [0.25, 0.3) is 0 Å². The summed E-state index contributed by atoms with van der Waals surface area (Å²) in [6.45, 7) is 3.90. The van der Waals surface area contributed by atoms with Gasteiger partial charge in [-0.15, -0.1) is 0 Å². The molecule has 1 aliphatic rings. The van der Waals surface area contributed by atoms with Gasteiger partial charge in [-0.1, -0.05) is 29.8 Å². The van der Waals surface area contributed by atoms with Crippen molar-refractivity contribution < 1.29 is 14.6 Å². The first-order chi connectivity index (χ1) is 9.16. The Bertz CT molecular complexity index is 413. The summed E-state index contributed by atoms with van der Waals surface area (Å²) in [5, 5.41) is 15.8. The third kappa shape index (κ3) is 4.02. The first kappa shape index (κ1) is 14.0. The Hall–Kier alpha value is -1.43. The van der Waals surface area contributed by atoms with Gasteiger partial charge in [-0.3, -0.25) is 4.79 Å². The van der Waals surface area contributed by atoms with Gasteiger partial charge in [0.05, 0.1) is 19.3 Å². The van der Waals surface area contributed by atoms with Crippen LogP contribution in [0, 0.1) is 6.92 Å². The highest BCUT2D eigenvalue weighted by molar-refractivity contribution is 5.82. The van der Waals surface area contributed by atoms with Crippen molar-refractivity contribution in [3.05, 3.63) is 35.4 Å². The molecule has 0 bridgehead atoms. The summed E-state index contributed by atoms with van der Waals surface area (Å²) >= 11 is 0. The number of aliphatic hydroxyl groups is 1. The lowest BCUT2D eigenvalue weighted by Crippen LogP contribution is -2.51. The maximum absolute atomic E-state index is 11.8. The predicted molar refractivity (Wildman–Crippen MR) is 71.8 cm³/mol. The molecule has 19 heavy (non-hydrogen) atoms. The van der Waals surface area contributed by atoms with Gasteiger partial charge >= 0.3 is 0 Å². The van der Waals surface area contributed by atoms with Crippen LogP contribution >= 0.6 is 0 Å². The molecule has 1 amide bonds. The van der Waals surface area contributed by atoms with Gasteiger partial charge in [-0.25, -0.2) is 0 Å². The zero-order chi connectivity index (χ0) is 13.7. The van der Waals surface area contributed by atoms with E-state index in [1.165, 1.54) is 0 Å². The van der Waals surface area contributed by atoms with E-state index in [1.54, 1.807) is 0 Å². The molecule has 0 unspecified atom stereocenters. The highest BCUT2D eigenvalue weighted by Crippen LogP contribution is 2.12. The van der Waals surface area contributed by atoms with Gasteiger partial charge in [0.2, 0.25) is 5.91 Å². The molecule has 1 saturated heterocycles. The van der Waals surface area contributed by atoms with Crippen molar-refractivity contribution in [1.29, 1.82) is 0 Å². The van der Waals surface area contributed by atoms with E-state index in [4.69, 9.17) is 4.74 Å². The molecule has 0 radical (unpaired) electrons. The summed E-state index contributed by atoms with van der Waals surface area (Å²) in [5.41, 5.74) is 1.95. The van der Waals surface area contributed by atoms with E-state index in [0.29, 0.717) is 19.8 Å². The third-order valence-corrected chi connectivity index (χ3v) is 3.17. The smallest absolute Gasteiger partial charge is 0.239 e. The van der Waals surface area contributed by atoms with Crippen LogP contribution < -0.4 is 10.6 Å². The number of aryl methyl sites for hydroxylation is 1. The first-order valence-electron chi connectivity index (χ1n) is 6.50. The quantitative estimate of drug-likeness (QED) is 0.723. The van der Waals surface area contributed by atoms with E-state index < -0.39 is 6.10 Å². The molecule has 1 aromatic carbocycles. The Balaban J connectivity index is 1.80. The molecule has 0 aliphatic carbocycles. The second-order valence-corrected chi connectivity index (χ2v) is 4.75. The average Bonchev–Trinajstić information content (AvgIpc) is 2.46. The summed E-state index contributed by atoms with van der Waals surface area (Å²) in [4.78, 5) is 11.8. The number of nitrogens with one attached hydrogen (secondary N) is 2. The first-order valence-corrected chi connectivity index (χ1v) is 6.50. The molecule has 0 spiro atoms. The molecule has 1 aromatic rings. The Kier molecular flexibility index (Phi) is 4.90. The average molecular weight is 264 g/mol. The van der Waals surface area contributed by atoms with Crippen LogP contribution in [0.1, 0.15) is 17.2 Å². The molecular weight excluding hydrogens is 244 g/mol. The number of ether oxygens (including phenoxy) is 1. The Morgan fingerprint density at radius 2 is 2.26 bits per heavy atom. The second kappa shape index (κ2) is 6.65. The van der Waals surface area contributed by atoms with Gasteiger partial charge in [0.15, 0.2) is 0 Å². The van der Waals surface area contributed by atoms with Gasteiger partial charge in [0.1, 0.15) is 6.04 Å². The summed E-state index contributed by atoms with van der Waals surface area (Å²) < 4.78 is 5.22. The van der Waals surface area contributed by atoms with E-state index in [2.05, 4.69) is 10.6 Å². The maximum Gasteiger partial charge on any atom is 0.239 e. The molecule has 3 N–H and O–H groups in total. The molecule has 1 heterocycles. The van der Waals surface area contributed by atoms with Crippen LogP contribution in [0.5, 0.6) is 0 Å². The van der Waals surface area contributed by atoms with Crippen molar-refractivity contribution in [1.82, 2.24) is 10.6 Å². The monoisotopic (exact) mass is 264 g/mol. The molecule has 104 valence electrons. The number of amides is 1. The Morgan fingerprint density at radius 3 is 2.89 bits per heavy atom. The molecule has 2 atom stereocenters. The van der Waals surface area contributed by atoms with E-state index in [9.17, 15) is 9.90 Å². The van der Waals surface area contributed by atoms with Crippen LogP contribution in [0.3, 0.4) is 0 Å². The maximum atomic E-state index is 11.8. The summed E-state index contributed by atoms with van der Waals surface area (Å²) in [5.74, 6) is -0.133. The number of aliphatic hydroxyl groups excluding tert-OH is 1. The zero-order valence-electron chi connectivity index (χ0n) is 11.1.